The number of amidine groups is 1. The summed E-state index contributed by atoms with van der Waals surface area (Å²) in [7, 11) is 0. The van der Waals surface area contributed by atoms with E-state index in [1.807, 2.05) is 0 Å². The zero-order valence-corrected chi connectivity index (χ0v) is 24.5. The molecule has 2 aliphatic rings. The summed E-state index contributed by atoms with van der Waals surface area (Å²) < 4.78 is 82.6. The molecular formula is C30H20F6N6OS2. The fraction of sp³-hybridized carbons (Fsp3) is 0.233. The van der Waals surface area contributed by atoms with Crippen molar-refractivity contribution in [1.82, 2.24) is 0 Å². The number of nitrogens with one attached hydrogen (secondary N) is 1. The highest BCUT2D eigenvalue weighted by molar-refractivity contribution is 7.81. The van der Waals surface area contributed by atoms with Crippen LogP contribution in [-0.4, -0.2) is 26.7 Å². The second-order valence-electron chi connectivity index (χ2n) is 10.2. The molecule has 1 heterocycles. The molecule has 0 atom stereocenters. The lowest BCUT2D eigenvalue weighted by Gasteiger charge is -2.44. The highest BCUT2D eigenvalue weighted by atomic mass is 32.1. The highest BCUT2D eigenvalue weighted by Gasteiger charge is 2.58. The zero-order valence-electron chi connectivity index (χ0n) is 22.9. The first-order valence-corrected chi connectivity index (χ1v) is 14.0. The Kier molecular flexibility index (Phi) is 8.31. The molecule has 0 unspecified atom stereocenters. The quantitative estimate of drug-likeness (QED) is 0.167. The molecule has 3 aromatic rings. The molecule has 1 aliphatic heterocycles. The van der Waals surface area contributed by atoms with Crippen molar-refractivity contribution in [3.05, 3.63) is 94.3 Å². The topological polar surface area (TPSA) is 79.2 Å². The second kappa shape index (κ2) is 11.7. The lowest BCUT2D eigenvalue weighted by atomic mass is 9.74. The SMILES string of the molecule is [C-]#[N+]c1ccc(N2C(=S)N(c3ccc(CO)cc3)C3(CCC3)C2=NC(=S)Nc2ccc(C#N)c(C(F)(F)F)c2)cc1C(F)(F)F. The van der Waals surface area contributed by atoms with Crippen LogP contribution in [0.4, 0.5) is 49.1 Å². The number of thiocarbonyl (C=S) groups is 2. The lowest BCUT2D eigenvalue weighted by molar-refractivity contribution is -0.138. The van der Waals surface area contributed by atoms with Crippen molar-refractivity contribution < 1.29 is 31.4 Å². The van der Waals surface area contributed by atoms with Crippen molar-refractivity contribution in [3.8, 4) is 6.07 Å². The van der Waals surface area contributed by atoms with Crippen molar-refractivity contribution in [1.29, 1.82) is 5.26 Å². The molecule has 3 aromatic carbocycles. The molecule has 7 nitrogen and oxygen atoms in total. The number of alkyl halides is 6. The molecule has 5 rings (SSSR count). The Labute approximate surface area is 263 Å². The van der Waals surface area contributed by atoms with E-state index in [0.29, 0.717) is 30.5 Å². The number of hydrogen-bond donors (Lipinski definition) is 2. The minimum absolute atomic E-state index is 0.0419. The number of hydrogen-bond acceptors (Lipinski definition) is 4. The fourth-order valence-electron chi connectivity index (χ4n) is 5.32. The second-order valence-corrected chi connectivity index (χ2v) is 11.0. The first-order valence-electron chi connectivity index (χ1n) is 13.2. The van der Waals surface area contributed by atoms with Gasteiger partial charge in [-0.25, -0.2) is 9.84 Å². The zero-order chi connectivity index (χ0) is 32.7. The van der Waals surface area contributed by atoms with Crippen LogP contribution in [0.15, 0.2) is 65.7 Å². The predicted octanol–water partition coefficient (Wildman–Crippen LogP) is 7.97. The average Bonchev–Trinajstić information content (AvgIpc) is 3.23. The summed E-state index contributed by atoms with van der Waals surface area (Å²) in [5.74, 6) is 0.149. The molecule has 2 fully saturated rings. The molecule has 45 heavy (non-hydrogen) atoms. The van der Waals surface area contributed by atoms with E-state index in [4.69, 9.17) is 36.3 Å². The lowest BCUT2D eigenvalue weighted by Crippen LogP contribution is -2.55. The summed E-state index contributed by atoms with van der Waals surface area (Å²) in [6.07, 6.45) is -8.04. The molecule has 230 valence electrons. The van der Waals surface area contributed by atoms with E-state index in [1.165, 1.54) is 23.1 Å². The van der Waals surface area contributed by atoms with Gasteiger partial charge in [0.25, 0.3) is 0 Å². The highest BCUT2D eigenvalue weighted by Crippen LogP contribution is 2.49. The molecule has 0 amide bonds. The minimum Gasteiger partial charge on any atom is -0.392 e. The largest absolute Gasteiger partial charge is 0.417 e. The third-order valence-corrected chi connectivity index (χ3v) is 8.12. The number of nitriles is 1. The van der Waals surface area contributed by atoms with E-state index < -0.39 is 40.3 Å². The number of anilines is 3. The Bertz CT molecular complexity index is 1800. The number of aliphatic hydroxyl groups excluding tert-OH is 1. The van der Waals surface area contributed by atoms with Gasteiger partial charge in [0, 0.05) is 17.1 Å². The van der Waals surface area contributed by atoms with Gasteiger partial charge in [-0.3, -0.25) is 4.90 Å². The summed E-state index contributed by atoms with van der Waals surface area (Å²) in [4.78, 5) is 10.6. The van der Waals surface area contributed by atoms with Gasteiger partial charge in [-0.05, 0) is 91.7 Å². The van der Waals surface area contributed by atoms with Crippen LogP contribution in [0.2, 0.25) is 0 Å². The van der Waals surface area contributed by atoms with E-state index in [0.717, 1.165) is 24.3 Å². The van der Waals surface area contributed by atoms with Gasteiger partial charge >= 0.3 is 12.4 Å². The van der Waals surface area contributed by atoms with E-state index >= 15 is 0 Å². The summed E-state index contributed by atoms with van der Waals surface area (Å²) in [5, 5.41) is 21.0. The molecule has 1 saturated carbocycles. The van der Waals surface area contributed by atoms with Crippen molar-refractivity contribution in [2.75, 3.05) is 15.1 Å². The van der Waals surface area contributed by atoms with E-state index in [-0.39, 0.29) is 34.0 Å². The number of aliphatic hydroxyl groups is 1. The Balaban J connectivity index is 1.64. The van der Waals surface area contributed by atoms with Gasteiger partial charge in [-0.1, -0.05) is 18.2 Å². The van der Waals surface area contributed by atoms with E-state index in [1.54, 1.807) is 29.2 Å². The van der Waals surface area contributed by atoms with E-state index in [2.05, 4.69) is 15.2 Å². The molecule has 1 spiro atoms. The number of rotatable bonds is 4. The number of nitrogens with zero attached hydrogens (tertiary/aromatic N) is 5. The van der Waals surface area contributed by atoms with Crippen LogP contribution in [0.25, 0.3) is 4.85 Å². The fourth-order valence-corrected chi connectivity index (χ4v) is 6.00. The van der Waals surface area contributed by atoms with Crippen LogP contribution >= 0.6 is 24.4 Å². The van der Waals surface area contributed by atoms with Crippen LogP contribution in [0.3, 0.4) is 0 Å². The van der Waals surface area contributed by atoms with Crippen molar-refractivity contribution >= 4 is 63.2 Å². The van der Waals surface area contributed by atoms with Gasteiger partial charge in [-0.15, -0.1) is 0 Å². The molecule has 1 aliphatic carbocycles. The summed E-state index contributed by atoms with van der Waals surface area (Å²) in [6, 6.07) is 14.3. The summed E-state index contributed by atoms with van der Waals surface area (Å²) in [6.45, 7) is 6.99. The smallest absolute Gasteiger partial charge is 0.392 e. The Morgan fingerprint density at radius 1 is 1.00 bits per heavy atom. The number of aliphatic imine (C=N–C) groups is 1. The van der Waals surface area contributed by atoms with Crippen LogP contribution in [0.1, 0.15) is 41.5 Å². The van der Waals surface area contributed by atoms with Crippen molar-refractivity contribution in [2.45, 2.75) is 43.8 Å². The van der Waals surface area contributed by atoms with Gasteiger partial charge in [-0.2, -0.15) is 31.6 Å². The van der Waals surface area contributed by atoms with Gasteiger partial charge < -0.3 is 15.3 Å². The van der Waals surface area contributed by atoms with Crippen molar-refractivity contribution in [3.63, 3.8) is 0 Å². The van der Waals surface area contributed by atoms with E-state index in [9.17, 15) is 31.4 Å². The predicted molar refractivity (Wildman–Crippen MR) is 164 cm³/mol. The van der Waals surface area contributed by atoms with Crippen LogP contribution in [0, 0.1) is 17.9 Å². The van der Waals surface area contributed by atoms with Crippen LogP contribution in [-0.2, 0) is 19.0 Å². The molecular weight excluding hydrogens is 638 g/mol. The van der Waals surface area contributed by atoms with Crippen molar-refractivity contribution in [2.24, 2.45) is 4.99 Å². The van der Waals surface area contributed by atoms with Gasteiger partial charge in [0.15, 0.2) is 15.9 Å². The van der Waals surface area contributed by atoms with Crippen LogP contribution < -0.4 is 15.1 Å². The summed E-state index contributed by atoms with van der Waals surface area (Å²) >= 11 is 11.3. The molecule has 0 radical (unpaired) electrons. The molecule has 2 N–H and O–H groups in total. The molecule has 0 bridgehead atoms. The Hall–Kier alpha value is -4.57. The Morgan fingerprint density at radius 2 is 1.64 bits per heavy atom. The maximum Gasteiger partial charge on any atom is 0.417 e. The maximum absolute atomic E-state index is 14.0. The maximum atomic E-state index is 14.0. The molecule has 15 heteroatoms. The number of halogens is 6. The third kappa shape index (κ3) is 5.82. The minimum atomic E-state index is -4.86. The first kappa shape index (κ1) is 31.8. The Morgan fingerprint density at radius 3 is 2.18 bits per heavy atom. The average molecular weight is 659 g/mol. The standard InChI is InChI=1S/C30H20F6N6OS2/c1-38-24-10-9-21(14-23(24)30(34,35)36)41-25(40-26(44)39-19-6-5-18(15-37)22(13-19)29(31,32)33)28(11-2-12-28)42(27(41)45)20-7-3-17(16-43)4-8-20/h3-10,13-14,43H,2,11-12,16H2,(H,39,44). The van der Waals surface area contributed by atoms with Gasteiger partial charge in [0.2, 0.25) is 0 Å². The summed E-state index contributed by atoms with van der Waals surface area (Å²) in [5.41, 5.74) is -3.48. The van der Waals surface area contributed by atoms with Gasteiger partial charge in [0.05, 0.1) is 35.9 Å². The monoisotopic (exact) mass is 658 g/mol. The normalized spacial score (nSPS) is 16.8. The van der Waals surface area contributed by atoms with Crippen LogP contribution in [0.5, 0.6) is 0 Å². The molecule has 1 saturated heterocycles. The van der Waals surface area contributed by atoms with Gasteiger partial charge in [0.1, 0.15) is 11.4 Å². The first-order chi connectivity index (χ1) is 21.2. The number of benzene rings is 3. The molecule has 0 aromatic heterocycles. The third-order valence-electron chi connectivity index (χ3n) is 7.56.